The molecular formula is C21H36N2S. The van der Waals surface area contributed by atoms with Crippen LogP contribution in [0.3, 0.4) is 0 Å². The summed E-state index contributed by atoms with van der Waals surface area (Å²) in [7, 11) is 0. The van der Waals surface area contributed by atoms with E-state index in [2.05, 4.69) is 77.3 Å². The standard InChI is InChI=1S/C21H36N2S/c1-8-15(6)17-12-11-13-18(16(7)9-2)20(17)23-21(24)22-19(10-3)14(4)5/h11-16,19H,8-10H2,1-7H3,(H2,22,23,24). The lowest BCUT2D eigenvalue weighted by molar-refractivity contribution is 0.443. The fourth-order valence-electron chi connectivity index (χ4n) is 3.05. The van der Waals surface area contributed by atoms with Crippen LogP contribution in [0.5, 0.6) is 0 Å². The van der Waals surface area contributed by atoms with Gasteiger partial charge in [-0.25, -0.2) is 0 Å². The molecule has 24 heavy (non-hydrogen) atoms. The van der Waals surface area contributed by atoms with Crippen molar-refractivity contribution in [2.45, 2.75) is 85.6 Å². The van der Waals surface area contributed by atoms with Gasteiger partial charge in [0.05, 0.1) is 0 Å². The molecule has 0 aliphatic rings. The summed E-state index contributed by atoms with van der Waals surface area (Å²) in [4.78, 5) is 0. The van der Waals surface area contributed by atoms with Gasteiger partial charge in [-0.1, -0.05) is 66.7 Å². The van der Waals surface area contributed by atoms with Gasteiger partial charge in [-0.05, 0) is 60.4 Å². The highest BCUT2D eigenvalue weighted by molar-refractivity contribution is 7.80. The Morgan fingerprint density at radius 1 is 0.917 bits per heavy atom. The van der Waals surface area contributed by atoms with Crippen LogP contribution in [-0.4, -0.2) is 11.2 Å². The van der Waals surface area contributed by atoms with Crippen LogP contribution < -0.4 is 10.6 Å². The summed E-state index contributed by atoms with van der Waals surface area (Å²) in [6.45, 7) is 15.8. The zero-order valence-corrected chi connectivity index (χ0v) is 17.4. The van der Waals surface area contributed by atoms with Crippen LogP contribution in [0.1, 0.15) is 90.7 Å². The third kappa shape index (κ3) is 5.47. The molecule has 0 aromatic heterocycles. The molecule has 0 saturated carbocycles. The molecule has 0 radical (unpaired) electrons. The summed E-state index contributed by atoms with van der Waals surface area (Å²) in [6, 6.07) is 7.08. The number of nitrogens with one attached hydrogen (secondary N) is 2. The summed E-state index contributed by atoms with van der Waals surface area (Å²) >= 11 is 5.64. The van der Waals surface area contributed by atoms with Crippen LogP contribution in [-0.2, 0) is 0 Å². The predicted molar refractivity (Wildman–Crippen MR) is 112 cm³/mol. The Hall–Kier alpha value is -1.09. The van der Waals surface area contributed by atoms with Gasteiger partial charge < -0.3 is 10.6 Å². The Kier molecular flexibility index (Phi) is 8.75. The zero-order valence-electron chi connectivity index (χ0n) is 16.6. The Labute approximate surface area is 154 Å². The molecule has 136 valence electrons. The minimum atomic E-state index is 0.410. The van der Waals surface area contributed by atoms with E-state index in [4.69, 9.17) is 12.2 Å². The van der Waals surface area contributed by atoms with Gasteiger partial charge >= 0.3 is 0 Å². The van der Waals surface area contributed by atoms with E-state index in [0.717, 1.165) is 24.4 Å². The van der Waals surface area contributed by atoms with Crippen LogP contribution in [0, 0.1) is 5.92 Å². The second-order valence-electron chi connectivity index (χ2n) is 7.29. The first-order valence-electron chi connectivity index (χ1n) is 9.55. The Balaban J connectivity index is 3.12. The van der Waals surface area contributed by atoms with Crippen molar-refractivity contribution in [1.82, 2.24) is 5.32 Å². The highest BCUT2D eigenvalue weighted by Crippen LogP contribution is 2.35. The summed E-state index contributed by atoms with van der Waals surface area (Å²) in [5, 5.41) is 7.80. The molecule has 0 amide bonds. The minimum Gasteiger partial charge on any atom is -0.359 e. The molecule has 1 aromatic rings. The third-order valence-electron chi connectivity index (χ3n) is 5.22. The summed E-state index contributed by atoms with van der Waals surface area (Å²) in [5.41, 5.74) is 3.96. The van der Waals surface area contributed by atoms with Gasteiger partial charge in [-0.2, -0.15) is 0 Å². The van der Waals surface area contributed by atoms with Gasteiger partial charge in [0.15, 0.2) is 5.11 Å². The fraction of sp³-hybridized carbons (Fsp3) is 0.667. The highest BCUT2D eigenvalue weighted by atomic mass is 32.1. The Morgan fingerprint density at radius 3 is 1.79 bits per heavy atom. The van der Waals surface area contributed by atoms with Gasteiger partial charge in [0.25, 0.3) is 0 Å². The van der Waals surface area contributed by atoms with Crippen LogP contribution in [0.2, 0.25) is 0 Å². The molecule has 0 aliphatic carbocycles. The Bertz CT molecular complexity index is 496. The first-order chi connectivity index (χ1) is 11.3. The van der Waals surface area contributed by atoms with E-state index in [1.165, 1.54) is 16.8 Å². The number of benzene rings is 1. The molecule has 3 unspecified atom stereocenters. The molecule has 0 fully saturated rings. The topological polar surface area (TPSA) is 24.1 Å². The molecule has 2 N–H and O–H groups in total. The third-order valence-corrected chi connectivity index (χ3v) is 5.43. The van der Waals surface area contributed by atoms with Gasteiger partial charge in [0, 0.05) is 11.7 Å². The van der Waals surface area contributed by atoms with Gasteiger partial charge in [0.2, 0.25) is 0 Å². The molecule has 0 heterocycles. The first-order valence-corrected chi connectivity index (χ1v) is 9.96. The minimum absolute atomic E-state index is 0.410. The summed E-state index contributed by atoms with van der Waals surface area (Å²) in [6.07, 6.45) is 3.33. The zero-order chi connectivity index (χ0) is 18.3. The van der Waals surface area contributed by atoms with E-state index in [0.29, 0.717) is 23.8 Å². The molecule has 1 aromatic carbocycles. The van der Waals surface area contributed by atoms with E-state index >= 15 is 0 Å². The molecule has 3 heteroatoms. The van der Waals surface area contributed by atoms with Crippen LogP contribution in [0.25, 0.3) is 0 Å². The van der Waals surface area contributed by atoms with Crippen LogP contribution in [0.4, 0.5) is 5.69 Å². The number of hydrogen-bond donors (Lipinski definition) is 2. The van der Waals surface area contributed by atoms with Gasteiger partial charge in [-0.3, -0.25) is 0 Å². The lowest BCUT2D eigenvalue weighted by Crippen LogP contribution is -2.40. The van der Waals surface area contributed by atoms with Crippen molar-refractivity contribution >= 4 is 23.0 Å². The summed E-state index contributed by atoms with van der Waals surface area (Å²) in [5.74, 6) is 1.60. The molecule has 3 atom stereocenters. The lowest BCUT2D eigenvalue weighted by atomic mass is 9.89. The van der Waals surface area contributed by atoms with E-state index in [1.54, 1.807) is 0 Å². The Morgan fingerprint density at radius 2 is 1.42 bits per heavy atom. The second kappa shape index (κ2) is 10.0. The quantitative estimate of drug-likeness (QED) is 0.529. The number of hydrogen-bond acceptors (Lipinski definition) is 1. The van der Waals surface area contributed by atoms with Gasteiger partial charge in [0.1, 0.15) is 0 Å². The number of para-hydroxylation sites is 1. The van der Waals surface area contributed by atoms with Crippen molar-refractivity contribution in [1.29, 1.82) is 0 Å². The van der Waals surface area contributed by atoms with Gasteiger partial charge in [-0.15, -0.1) is 0 Å². The van der Waals surface area contributed by atoms with Crippen molar-refractivity contribution < 1.29 is 0 Å². The molecule has 2 nitrogen and oxygen atoms in total. The average Bonchev–Trinajstić information content (AvgIpc) is 2.58. The fourth-order valence-corrected chi connectivity index (χ4v) is 3.31. The maximum absolute atomic E-state index is 5.64. The van der Waals surface area contributed by atoms with Crippen LogP contribution in [0.15, 0.2) is 18.2 Å². The maximum Gasteiger partial charge on any atom is 0.171 e. The van der Waals surface area contributed by atoms with E-state index in [-0.39, 0.29) is 0 Å². The first kappa shape index (κ1) is 21.0. The second-order valence-corrected chi connectivity index (χ2v) is 7.70. The average molecular weight is 349 g/mol. The highest BCUT2D eigenvalue weighted by Gasteiger charge is 2.18. The SMILES string of the molecule is CCC(C)c1cccc(C(C)CC)c1NC(=S)NC(CC)C(C)C. The molecule has 0 bridgehead atoms. The predicted octanol–water partition coefficient (Wildman–Crippen LogP) is 6.43. The van der Waals surface area contributed by atoms with E-state index in [1.807, 2.05) is 0 Å². The van der Waals surface area contributed by atoms with Crippen molar-refractivity contribution in [3.63, 3.8) is 0 Å². The molecule has 1 rings (SSSR count). The largest absolute Gasteiger partial charge is 0.359 e. The van der Waals surface area contributed by atoms with E-state index in [9.17, 15) is 0 Å². The van der Waals surface area contributed by atoms with Crippen molar-refractivity contribution in [3.8, 4) is 0 Å². The lowest BCUT2D eigenvalue weighted by Gasteiger charge is -2.26. The van der Waals surface area contributed by atoms with E-state index < -0.39 is 0 Å². The monoisotopic (exact) mass is 348 g/mol. The van der Waals surface area contributed by atoms with Crippen molar-refractivity contribution in [2.75, 3.05) is 5.32 Å². The normalized spacial score (nSPS) is 15.0. The van der Waals surface area contributed by atoms with Crippen molar-refractivity contribution in [3.05, 3.63) is 29.3 Å². The number of thiocarbonyl (C=S) groups is 1. The maximum atomic E-state index is 5.64. The molecule has 0 aliphatic heterocycles. The van der Waals surface area contributed by atoms with Crippen molar-refractivity contribution in [2.24, 2.45) is 5.92 Å². The summed E-state index contributed by atoms with van der Waals surface area (Å²) < 4.78 is 0. The molecule has 0 spiro atoms. The molecular weight excluding hydrogens is 312 g/mol. The number of anilines is 1. The molecule has 0 saturated heterocycles. The number of rotatable bonds is 8. The smallest absolute Gasteiger partial charge is 0.171 e. The van der Waals surface area contributed by atoms with Crippen LogP contribution >= 0.6 is 12.2 Å².